The molecule has 3 aliphatic carbocycles. The highest BCUT2D eigenvalue weighted by Gasteiger charge is 2.69. The van der Waals surface area contributed by atoms with Gasteiger partial charge in [-0.2, -0.15) is 0 Å². The average Bonchev–Trinajstić information content (AvgIpc) is 2.96. The average molecular weight is 616 g/mol. The number of nitrogens with zero attached hydrogens (tertiary/aromatic N) is 2. The Morgan fingerprint density at radius 1 is 1.04 bits per heavy atom. The van der Waals surface area contributed by atoms with E-state index in [-0.39, 0.29) is 24.2 Å². The van der Waals surface area contributed by atoms with E-state index < -0.39 is 64.4 Å². The topological polar surface area (TPSA) is 158 Å². The van der Waals surface area contributed by atoms with E-state index in [9.17, 15) is 34.2 Å². The number of aliphatic hydroxyl groups is 1. The molecule has 0 aromatic heterocycles. The Kier molecular flexibility index (Phi) is 7.61. The van der Waals surface area contributed by atoms with Gasteiger partial charge in [-0.1, -0.05) is 38.1 Å². The number of aromatic hydroxyl groups is 1. The second-order valence-corrected chi connectivity index (χ2v) is 14.4. The van der Waals surface area contributed by atoms with Gasteiger partial charge in [-0.25, -0.2) is 0 Å². The van der Waals surface area contributed by atoms with E-state index in [2.05, 4.69) is 30.9 Å². The Hall–Kier alpha value is -3.73. The second-order valence-electron chi connectivity index (χ2n) is 14.4. The third kappa shape index (κ3) is 4.94. The van der Waals surface area contributed by atoms with Crippen LogP contribution in [0, 0.1) is 29.1 Å². The number of likely N-dealkylation sites (N-methyl/N-ethyl adjacent to an activating group) is 1. The second kappa shape index (κ2) is 11.0. The molecule has 10 heteroatoms. The number of Topliss-reactive ketones (excluding diaryl/α,β-unsaturated/α-hetero) is 4. The van der Waals surface area contributed by atoms with E-state index in [1.54, 1.807) is 20.2 Å². The fraction of sp³-hybridized carbons (Fsp3) is 0.514. The highest BCUT2D eigenvalue weighted by atomic mass is 16.3. The van der Waals surface area contributed by atoms with E-state index in [1.165, 1.54) is 11.0 Å². The maximum Gasteiger partial charge on any atom is 0.235 e. The zero-order chi connectivity index (χ0) is 32.6. The fourth-order valence-corrected chi connectivity index (χ4v) is 8.29. The summed E-state index contributed by atoms with van der Waals surface area (Å²) in [5.41, 5.74) is 6.38. The van der Waals surface area contributed by atoms with E-state index in [0.717, 1.165) is 49.2 Å². The van der Waals surface area contributed by atoms with Gasteiger partial charge in [0, 0.05) is 12.5 Å². The third-order valence-corrected chi connectivity index (χ3v) is 10.8. The van der Waals surface area contributed by atoms with Gasteiger partial charge < -0.3 is 15.9 Å². The van der Waals surface area contributed by atoms with Crippen LogP contribution in [0.1, 0.15) is 54.6 Å². The maximum atomic E-state index is 14.1. The van der Waals surface area contributed by atoms with Gasteiger partial charge in [0.2, 0.25) is 5.91 Å². The molecule has 2 unspecified atom stereocenters. The van der Waals surface area contributed by atoms with Crippen molar-refractivity contribution in [2.24, 2.45) is 34.8 Å². The summed E-state index contributed by atoms with van der Waals surface area (Å²) in [6.07, 6.45) is 2.50. The molecule has 1 saturated heterocycles. The lowest BCUT2D eigenvalue weighted by Gasteiger charge is -2.52. The summed E-state index contributed by atoms with van der Waals surface area (Å²) in [5.74, 6) is -10.5. The quantitative estimate of drug-likeness (QED) is 0.429. The molecule has 45 heavy (non-hydrogen) atoms. The van der Waals surface area contributed by atoms with Gasteiger partial charge in [0.15, 0.2) is 34.7 Å². The lowest BCUT2D eigenvalue weighted by Crippen LogP contribution is -2.74. The number of carbonyl (C=O) groups excluding carboxylic acids is 5. The normalized spacial score (nSPS) is 31.4. The van der Waals surface area contributed by atoms with Gasteiger partial charge >= 0.3 is 0 Å². The number of amides is 1. The Labute approximate surface area is 262 Å². The predicted molar refractivity (Wildman–Crippen MR) is 165 cm³/mol. The molecule has 1 heterocycles. The molecular weight excluding hydrogens is 574 g/mol. The molecule has 2 aromatic rings. The van der Waals surface area contributed by atoms with Gasteiger partial charge in [-0.15, -0.1) is 0 Å². The molecular formula is C35H41N3O7. The number of hydrogen-bond acceptors (Lipinski definition) is 9. The third-order valence-electron chi connectivity index (χ3n) is 10.8. The number of hydrogen-bond donors (Lipinski definition) is 3. The Morgan fingerprint density at radius 2 is 1.73 bits per heavy atom. The Bertz CT molecular complexity index is 1620. The summed E-state index contributed by atoms with van der Waals surface area (Å²) in [4.78, 5) is 71.1. The molecule has 0 spiro atoms. The summed E-state index contributed by atoms with van der Waals surface area (Å²) < 4.78 is 0. The fourth-order valence-electron chi connectivity index (χ4n) is 8.29. The van der Waals surface area contributed by atoms with Crippen molar-refractivity contribution in [3.05, 3.63) is 53.1 Å². The van der Waals surface area contributed by atoms with E-state index in [4.69, 9.17) is 5.73 Å². The number of piperidine rings is 1. The van der Waals surface area contributed by atoms with Crippen molar-refractivity contribution < 1.29 is 34.2 Å². The van der Waals surface area contributed by atoms with Crippen molar-refractivity contribution in [1.29, 1.82) is 0 Å². The number of ketones is 4. The van der Waals surface area contributed by atoms with Gasteiger partial charge in [0.05, 0.1) is 17.5 Å². The van der Waals surface area contributed by atoms with Crippen LogP contribution in [-0.4, -0.2) is 87.9 Å². The number of rotatable bonds is 5. The van der Waals surface area contributed by atoms with E-state index in [0.29, 0.717) is 11.0 Å². The SMILES string of the molecule is CN(C)[C@@H]1C(=O)C(C(N)=O)C(=O)[C@@]2(O)C(=O)C3C(=O)c4c(O)ccc(-c5cccc(CN6CCC(C)(C)CC6)c5)c4C[C@H]3C[C@@H]12. The first kappa shape index (κ1) is 31.3. The molecule has 0 bridgehead atoms. The largest absolute Gasteiger partial charge is 0.507 e. The molecule has 1 amide bonds. The summed E-state index contributed by atoms with van der Waals surface area (Å²) in [6, 6.07) is 10.2. The van der Waals surface area contributed by atoms with Gasteiger partial charge in [0.25, 0.3) is 0 Å². The molecule has 2 aromatic carbocycles. The molecule has 2 saturated carbocycles. The first-order chi connectivity index (χ1) is 21.2. The standard InChI is InChI=1S/C35H41N3O7/c1-34(2)10-12-38(13-11-34)17-18-6-5-7-19(14-18)21-8-9-24(39)26-22(21)15-20-16-23-28(37(3)4)30(41)27(33(36)44)32(43)35(23,45)31(42)25(20)29(26)40/h5-9,14,20,23,25,27-28,39,45H,10-13,15-17H2,1-4H3,(H2,36,44)/t20-,23-,25?,27?,28-,35-/m0/s1. The minimum Gasteiger partial charge on any atom is -0.507 e. The predicted octanol–water partition coefficient (Wildman–Crippen LogP) is 2.16. The number of carbonyl (C=O) groups is 5. The van der Waals surface area contributed by atoms with Crippen molar-refractivity contribution >= 4 is 29.0 Å². The lowest BCUT2D eigenvalue weighted by molar-refractivity contribution is -0.181. The summed E-state index contributed by atoms with van der Waals surface area (Å²) in [5, 5.41) is 22.7. The van der Waals surface area contributed by atoms with E-state index >= 15 is 0 Å². The van der Waals surface area contributed by atoms with E-state index in [1.807, 2.05) is 12.1 Å². The van der Waals surface area contributed by atoms with Crippen molar-refractivity contribution in [2.75, 3.05) is 27.2 Å². The zero-order valence-electron chi connectivity index (χ0n) is 26.2. The smallest absolute Gasteiger partial charge is 0.235 e. The van der Waals surface area contributed by atoms with Crippen LogP contribution in [0.15, 0.2) is 36.4 Å². The minimum absolute atomic E-state index is 0.00256. The monoisotopic (exact) mass is 615 g/mol. The molecule has 1 aliphatic heterocycles. The molecule has 238 valence electrons. The highest BCUT2D eigenvalue weighted by Crippen LogP contribution is 2.51. The van der Waals surface area contributed by atoms with Crippen LogP contribution in [-0.2, 0) is 32.1 Å². The number of fused-ring (bicyclic) bond motifs is 3. The summed E-state index contributed by atoms with van der Waals surface area (Å²) >= 11 is 0. The molecule has 4 aliphatic rings. The molecule has 6 atom stereocenters. The zero-order valence-corrected chi connectivity index (χ0v) is 26.2. The molecule has 10 nitrogen and oxygen atoms in total. The number of nitrogens with two attached hydrogens (primary N) is 1. The lowest BCUT2D eigenvalue weighted by atomic mass is 9.52. The molecule has 6 rings (SSSR count). The van der Waals surface area contributed by atoms with Crippen molar-refractivity contribution in [3.8, 4) is 16.9 Å². The molecule has 3 fully saturated rings. The van der Waals surface area contributed by atoms with Gasteiger partial charge in [-0.3, -0.25) is 33.8 Å². The number of benzene rings is 2. The minimum atomic E-state index is -2.73. The first-order valence-electron chi connectivity index (χ1n) is 15.7. The van der Waals surface area contributed by atoms with Crippen LogP contribution in [0.25, 0.3) is 11.1 Å². The Morgan fingerprint density at radius 3 is 2.38 bits per heavy atom. The van der Waals surface area contributed by atoms with Crippen LogP contribution in [0.5, 0.6) is 5.75 Å². The number of primary amides is 1. The van der Waals surface area contributed by atoms with Crippen LogP contribution < -0.4 is 5.73 Å². The van der Waals surface area contributed by atoms with Gasteiger partial charge in [0.1, 0.15) is 5.75 Å². The number of likely N-dealkylation sites (tertiary alicyclic amines) is 1. The molecule has 4 N–H and O–H groups in total. The highest BCUT2D eigenvalue weighted by molar-refractivity contribution is 6.32. The number of phenols is 1. The summed E-state index contributed by atoms with van der Waals surface area (Å²) in [6.45, 7) is 7.43. The van der Waals surface area contributed by atoms with Crippen LogP contribution in [0.3, 0.4) is 0 Å². The van der Waals surface area contributed by atoms with Crippen molar-refractivity contribution in [2.45, 2.75) is 57.7 Å². The first-order valence-corrected chi connectivity index (χ1v) is 15.7. The Balaban J connectivity index is 1.37. The number of phenolic OH excluding ortho intramolecular Hbond substituents is 1. The maximum absolute atomic E-state index is 14.1. The van der Waals surface area contributed by atoms with Gasteiger partial charge in [-0.05, 0) is 98.6 Å². The van der Waals surface area contributed by atoms with Crippen LogP contribution in [0.4, 0.5) is 0 Å². The summed E-state index contributed by atoms with van der Waals surface area (Å²) in [7, 11) is 3.14. The molecule has 0 radical (unpaired) electrons. The van der Waals surface area contributed by atoms with Crippen molar-refractivity contribution in [1.82, 2.24) is 9.80 Å². The van der Waals surface area contributed by atoms with Crippen LogP contribution >= 0.6 is 0 Å². The van der Waals surface area contributed by atoms with Crippen LogP contribution in [0.2, 0.25) is 0 Å². The van der Waals surface area contributed by atoms with Crippen molar-refractivity contribution in [3.63, 3.8) is 0 Å².